The molecular formula is C23H23N3O4. The minimum atomic E-state index is -0.665. The van der Waals surface area contributed by atoms with E-state index < -0.39 is 5.92 Å². The normalized spacial score (nSPS) is 15.5. The highest BCUT2D eigenvalue weighted by atomic mass is 16.5. The van der Waals surface area contributed by atoms with Crippen molar-refractivity contribution in [2.45, 2.75) is 33.1 Å². The van der Waals surface area contributed by atoms with Gasteiger partial charge < -0.3 is 15.2 Å². The van der Waals surface area contributed by atoms with Gasteiger partial charge in [-0.05, 0) is 56.2 Å². The molecule has 0 saturated heterocycles. The SMILES string of the molecule is COc1cc(C(=O)[C@H]2CC(=O)Nc3c2c(C)nn3-c2cccc(C)c2C)ccc1O. The number of aromatic nitrogens is 2. The van der Waals surface area contributed by atoms with E-state index in [1.165, 1.54) is 25.3 Å². The summed E-state index contributed by atoms with van der Waals surface area (Å²) in [5.74, 6) is -0.423. The van der Waals surface area contributed by atoms with Crippen LogP contribution in [0.2, 0.25) is 0 Å². The number of fused-ring (bicyclic) bond motifs is 1. The number of carbonyl (C=O) groups excluding carboxylic acids is 2. The fourth-order valence-corrected chi connectivity index (χ4v) is 3.94. The predicted molar refractivity (Wildman–Crippen MR) is 113 cm³/mol. The Bertz CT molecular complexity index is 1180. The van der Waals surface area contributed by atoms with Gasteiger partial charge in [-0.25, -0.2) is 4.68 Å². The zero-order valence-electron chi connectivity index (χ0n) is 17.3. The Labute approximate surface area is 174 Å². The topological polar surface area (TPSA) is 93.5 Å². The average Bonchev–Trinajstić information content (AvgIpc) is 3.05. The number of amides is 1. The number of methoxy groups -OCH3 is 1. The third-order valence-corrected chi connectivity index (χ3v) is 5.69. The quantitative estimate of drug-likeness (QED) is 0.644. The summed E-state index contributed by atoms with van der Waals surface area (Å²) < 4.78 is 6.84. The molecule has 154 valence electrons. The molecule has 2 heterocycles. The zero-order chi connectivity index (χ0) is 21.6. The van der Waals surface area contributed by atoms with Crippen LogP contribution in [0.1, 0.15) is 45.1 Å². The number of ketones is 1. The van der Waals surface area contributed by atoms with Crippen molar-refractivity contribution >= 4 is 17.5 Å². The van der Waals surface area contributed by atoms with Crippen LogP contribution >= 0.6 is 0 Å². The van der Waals surface area contributed by atoms with Gasteiger partial charge in [0.15, 0.2) is 17.3 Å². The molecule has 0 aliphatic carbocycles. The molecule has 7 nitrogen and oxygen atoms in total. The van der Waals surface area contributed by atoms with Gasteiger partial charge in [0.05, 0.1) is 24.4 Å². The van der Waals surface area contributed by atoms with Gasteiger partial charge in [0.25, 0.3) is 0 Å². The molecule has 30 heavy (non-hydrogen) atoms. The number of phenolic OH excluding ortho intramolecular Hbond substituents is 1. The van der Waals surface area contributed by atoms with Crippen molar-refractivity contribution in [1.82, 2.24) is 9.78 Å². The Morgan fingerprint density at radius 2 is 2.00 bits per heavy atom. The summed E-state index contributed by atoms with van der Waals surface area (Å²) >= 11 is 0. The van der Waals surface area contributed by atoms with Gasteiger partial charge in [0, 0.05) is 17.5 Å². The van der Waals surface area contributed by atoms with E-state index in [1.54, 1.807) is 4.68 Å². The lowest BCUT2D eigenvalue weighted by Crippen LogP contribution is -2.28. The molecule has 1 aliphatic rings. The molecule has 1 aromatic heterocycles. The molecule has 3 aromatic rings. The first kappa shape index (κ1) is 19.7. The van der Waals surface area contributed by atoms with E-state index in [9.17, 15) is 14.7 Å². The Morgan fingerprint density at radius 3 is 2.73 bits per heavy atom. The highest BCUT2D eigenvalue weighted by Gasteiger charge is 2.36. The lowest BCUT2D eigenvalue weighted by Gasteiger charge is -2.23. The van der Waals surface area contributed by atoms with Crippen LogP contribution in [-0.2, 0) is 4.79 Å². The molecule has 0 spiro atoms. The number of hydrogen-bond acceptors (Lipinski definition) is 5. The molecule has 0 radical (unpaired) electrons. The molecule has 0 bridgehead atoms. The molecule has 1 amide bonds. The van der Waals surface area contributed by atoms with Crippen molar-refractivity contribution in [3.63, 3.8) is 0 Å². The first-order valence-electron chi connectivity index (χ1n) is 9.69. The molecule has 2 N–H and O–H groups in total. The van der Waals surface area contributed by atoms with Crippen molar-refractivity contribution in [2.75, 3.05) is 12.4 Å². The van der Waals surface area contributed by atoms with Crippen LogP contribution in [0.4, 0.5) is 5.82 Å². The van der Waals surface area contributed by atoms with Gasteiger partial charge in [-0.1, -0.05) is 12.1 Å². The molecule has 2 aromatic carbocycles. The molecular weight excluding hydrogens is 382 g/mol. The van der Waals surface area contributed by atoms with E-state index in [2.05, 4.69) is 10.4 Å². The molecule has 4 rings (SSSR count). The number of phenols is 1. The van der Waals surface area contributed by atoms with E-state index in [0.717, 1.165) is 16.8 Å². The summed E-state index contributed by atoms with van der Waals surface area (Å²) in [7, 11) is 1.42. The van der Waals surface area contributed by atoms with Gasteiger partial charge >= 0.3 is 0 Å². The Kier molecular flexibility index (Phi) is 4.81. The standard InChI is InChI=1S/C23H23N3O4/c1-12-6-5-7-17(13(12)2)26-23-21(14(3)25-26)16(11-20(28)24-23)22(29)15-8-9-18(27)19(10-15)30-4/h5-10,16,27H,11H2,1-4H3,(H,24,28)/t16-/m0/s1. The molecule has 0 saturated carbocycles. The highest BCUT2D eigenvalue weighted by Crippen LogP contribution is 2.39. The van der Waals surface area contributed by atoms with Crippen LogP contribution in [-0.4, -0.2) is 33.7 Å². The third-order valence-electron chi connectivity index (χ3n) is 5.69. The number of aromatic hydroxyl groups is 1. The Hall–Kier alpha value is -3.61. The van der Waals surface area contributed by atoms with E-state index >= 15 is 0 Å². The number of anilines is 1. The average molecular weight is 405 g/mol. The van der Waals surface area contributed by atoms with Crippen LogP contribution in [0.25, 0.3) is 5.69 Å². The maximum atomic E-state index is 13.4. The monoisotopic (exact) mass is 405 g/mol. The molecule has 0 fully saturated rings. The smallest absolute Gasteiger partial charge is 0.226 e. The third kappa shape index (κ3) is 3.12. The van der Waals surface area contributed by atoms with E-state index in [1.807, 2.05) is 39.0 Å². The number of nitrogens with zero attached hydrogens (tertiary/aromatic N) is 2. The Morgan fingerprint density at radius 1 is 1.23 bits per heavy atom. The lowest BCUT2D eigenvalue weighted by atomic mass is 9.85. The van der Waals surface area contributed by atoms with Gasteiger partial charge in [-0.2, -0.15) is 5.10 Å². The lowest BCUT2D eigenvalue weighted by molar-refractivity contribution is -0.116. The summed E-state index contributed by atoms with van der Waals surface area (Å²) in [5, 5.41) is 17.4. The first-order chi connectivity index (χ1) is 14.3. The van der Waals surface area contributed by atoms with E-state index in [4.69, 9.17) is 4.74 Å². The van der Waals surface area contributed by atoms with Gasteiger partial charge in [-0.3, -0.25) is 9.59 Å². The zero-order valence-corrected chi connectivity index (χ0v) is 17.3. The fourth-order valence-electron chi connectivity index (χ4n) is 3.94. The van der Waals surface area contributed by atoms with Crippen molar-refractivity contribution in [1.29, 1.82) is 0 Å². The minimum Gasteiger partial charge on any atom is -0.504 e. The summed E-state index contributed by atoms with van der Waals surface area (Å²) in [6.45, 7) is 5.87. The maximum absolute atomic E-state index is 13.4. The second-order valence-corrected chi connectivity index (χ2v) is 7.53. The van der Waals surface area contributed by atoms with Crippen molar-refractivity contribution in [3.8, 4) is 17.2 Å². The Balaban J connectivity index is 1.83. The number of carbonyl (C=O) groups is 2. The summed E-state index contributed by atoms with van der Waals surface area (Å²) in [5.41, 5.74) is 4.80. The molecule has 0 unspecified atom stereocenters. The van der Waals surface area contributed by atoms with Gasteiger partial charge in [0.2, 0.25) is 5.91 Å². The predicted octanol–water partition coefficient (Wildman–Crippen LogP) is 3.82. The van der Waals surface area contributed by atoms with E-state index in [-0.39, 0.29) is 29.6 Å². The highest BCUT2D eigenvalue weighted by molar-refractivity contribution is 6.08. The molecule has 7 heteroatoms. The largest absolute Gasteiger partial charge is 0.504 e. The molecule has 1 atom stereocenters. The van der Waals surface area contributed by atoms with Crippen molar-refractivity contribution in [2.24, 2.45) is 0 Å². The second kappa shape index (κ2) is 7.33. The fraction of sp³-hybridized carbons (Fsp3) is 0.261. The number of nitrogens with one attached hydrogen (secondary N) is 1. The number of aryl methyl sites for hydroxylation is 2. The van der Waals surface area contributed by atoms with Crippen LogP contribution < -0.4 is 10.1 Å². The summed E-state index contributed by atoms with van der Waals surface area (Å²) in [6, 6.07) is 10.4. The number of ether oxygens (including phenoxy) is 1. The number of rotatable bonds is 4. The van der Waals surface area contributed by atoms with Crippen LogP contribution in [0.5, 0.6) is 11.5 Å². The van der Waals surface area contributed by atoms with Crippen LogP contribution in [0.15, 0.2) is 36.4 Å². The summed E-state index contributed by atoms with van der Waals surface area (Å²) in [6.07, 6.45) is 0.0361. The van der Waals surface area contributed by atoms with Crippen molar-refractivity contribution in [3.05, 3.63) is 64.3 Å². The summed E-state index contributed by atoms with van der Waals surface area (Å²) in [4.78, 5) is 25.9. The van der Waals surface area contributed by atoms with Crippen LogP contribution in [0.3, 0.4) is 0 Å². The maximum Gasteiger partial charge on any atom is 0.226 e. The molecule has 1 aliphatic heterocycles. The van der Waals surface area contributed by atoms with Crippen LogP contribution in [0, 0.1) is 20.8 Å². The van der Waals surface area contributed by atoms with Crippen molar-refractivity contribution < 1.29 is 19.4 Å². The number of hydrogen-bond donors (Lipinski definition) is 2. The van der Waals surface area contributed by atoms with Gasteiger partial charge in [0.1, 0.15) is 5.82 Å². The minimum absolute atomic E-state index is 0.0361. The van der Waals surface area contributed by atoms with Gasteiger partial charge in [-0.15, -0.1) is 0 Å². The number of benzene rings is 2. The number of Topliss-reactive ketones (excluding diaryl/α,β-unsaturated/α-hetero) is 1. The first-order valence-corrected chi connectivity index (χ1v) is 9.69. The second-order valence-electron chi connectivity index (χ2n) is 7.53. The van der Waals surface area contributed by atoms with E-state index in [0.29, 0.717) is 22.6 Å².